The van der Waals surface area contributed by atoms with E-state index in [2.05, 4.69) is 10.1 Å². The van der Waals surface area contributed by atoms with E-state index < -0.39 is 0 Å². The number of hydrogen-bond donors (Lipinski definition) is 1. The number of rotatable bonds is 1. The molecule has 0 radical (unpaired) electrons. The predicted molar refractivity (Wildman–Crippen MR) is 68.5 cm³/mol. The van der Waals surface area contributed by atoms with Crippen LogP contribution in [0.25, 0.3) is 0 Å². The summed E-state index contributed by atoms with van der Waals surface area (Å²) in [4.78, 5) is 2.54. The molecule has 3 aliphatic rings. The molecule has 1 aromatic heterocycles. The Labute approximate surface area is 108 Å². The van der Waals surface area contributed by atoms with Crippen LogP contribution < -0.4 is 0 Å². The third kappa shape index (κ3) is 1.42. The third-order valence-corrected chi connectivity index (χ3v) is 4.86. The second-order valence-corrected chi connectivity index (χ2v) is 5.49. The van der Waals surface area contributed by atoms with Gasteiger partial charge in [-0.15, -0.1) is 0 Å². The Morgan fingerprint density at radius 1 is 1.56 bits per heavy atom. The average molecular weight is 250 g/mol. The summed E-state index contributed by atoms with van der Waals surface area (Å²) in [7, 11) is 0. The van der Waals surface area contributed by atoms with Gasteiger partial charge in [-0.2, -0.15) is 0 Å². The molecule has 4 heteroatoms. The lowest BCUT2D eigenvalue weighted by Crippen LogP contribution is -2.45. The first-order valence-electron chi connectivity index (χ1n) is 7.15. The normalized spacial score (nSPS) is 36.8. The third-order valence-electron chi connectivity index (χ3n) is 4.86. The topological polar surface area (TPSA) is 49.5 Å². The maximum absolute atomic E-state index is 9.70. The molecule has 0 spiro atoms. The molecule has 0 bridgehead atoms. The van der Waals surface area contributed by atoms with Crippen LogP contribution in [0.4, 0.5) is 0 Å². The molecular formula is C14H22N2O2. The molecule has 2 fully saturated rings. The van der Waals surface area contributed by atoms with Crippen LogP contribution in [0.5, 0.6) is 0 Å². The van der Waals surface area contributed by atoms with Crippen molar-refractivity contribution in [1.82, 2.24) is 10.1 Å². The summed E-state index contributed by atoms with van der Waals surface area (Å²) in [6.07, 6.45) is 6.29. The van der Waals surface area contributed by atoms with E-state index in [9.17, 15) is 5.11 Å². The van der Waals surface area contributed by atoms with Crippen molar-refractivity contribution in [2.45, 2.75) is 57.0 Å². The monoisotopic (exact) mass is 250 g/mol. The fourth-order valence-corrected chi connectivity index (χ4v) is 4.17. The van der Waals surface area contributed by atoms with Gasteiger partial charge in [0.2, 0.25) is 0 Å². The zero-order chi connectivity index (χ0) is 12.8. The summed E-state index contributed by atoms with van der Waals surface area (Å²) in [6, 6.07) is 0.573. The van der Waals surface area contributed by atoms with Crippen LogP contribution in [0.1, 0.15) is 50.3 Å². The number of fused-ring (bicyclic) bond motifs is 5. The van der Waals surface area contributed by atoms with E-state index in [1.807, 2.05) is 13.8 Å². The van der Waals surface area contributed by atoms with Crippen LogP contribution in [-0.2, 0) is 6.42 Å². The van der Waals surface area contributed by atoms with Gasteiger partial charge >= 0.3 is 0 Å². The molecule has 2 saturated heterocycles. The molecular weight excluding hydrogens is 228 g/mol. The second kappa shape index (κ2) is 4.35. The molecule has 100 valence electrons. The van der Waals surface area contributed by atoms with E-state index in [4.69, 9.17) is 4.52 Å². The first-order chi connectivity index (χ1) is 8.84. The Bertz CT molecular complexity index is 431. The molecule has 3 unspecified atom stereocenters. The lowest BCUT2D eigenvalue weighted by molar-refractivity contribution is 0.0780. The van der Waals surface area contributed by atoms with Gasteiger partial charge in [-0.25, -0.2) is 0 Å². The summed E-state index contributed by atoms with van der Waals surface area (Å²) in [5.41, 5.74) is 2.51. The molecule has 1 aromatic rings. The highest BCUT2D eigenvalue weighted by Crippen LogP contribution is 2.53. The number of aliphatic hydroxyl groups is 1. The van der Waals surface area contributed by atoms with Crippen LogP contribution >= 0.6 is 0 Å². The van der Waals surface area contributed by atoms with Gasteiger partial charge in [0.15, 0.2) is 0 Å². The predicted octanol–water partition coefficient (Wildman–Crippen LogP) is 1.94. The standard InChI is InChI=1S/C12H16N2O2.C2H6/c15-7-12-2-1-3-14(12)10-4-8-6-16-13-11(8)9(10)5-12;1-2/h6,9-10,15H,1-5,7H2;1-2H3. The Kier molecular flexibility index (Phi) is 2.94. The number of aliphatic hydroxyl groups excluding tert-OH is 1. The van der Waals surface area contributed by atoms with Crippen molar-refractivity contribution in [1.29, 1.82) is 0 Å². The number of nitrogens with zero attached hydrogens (tertiary/aromatic N) is 2. The van der Waals surface area contributed by atoms with Gasteiger partial charge < -0.3 is 9.63 Å². The maximum Gasteiger partial charge on any atom is 0.127 e. The van der Waals surface area contributed by atoms with E-state index in [0.717, 1.165) is 31.5 Å². The fraction of sp³-hybridized carbons (Fsp3) is 0.786. The van der Waals surface area contributed by atoms with Gasteiger partial charge in [0.1, 0.15) is 6.26 Å². The highest BCUT2D eigenvalue weighted by Gasteiger charge is 2.57. The SMILES string of the molecule is CC.OCC12CCCN1C1Cc3conc3C1C2. The highest BCUT2D eigenvalue weighted by molar-refractivity contribution is 5.34. The molecule has 0 amide bonds. The molecule has 3 atom stereocenters. The van der Waals surface area contributed by atoms with Gasteiger partial charge in [-0.1, -0.05) is 19.0 Å². The van der Waals surface area contributed by atoms with Crippen LogP contribution in [0.15, 0.2) is 10.8 Å². The summed E-state index contributed by atoms with van der Waals surface area (Å²) in [6.45, 7) is 5.44. The van der Waals surface area contributed by atoms with Crippen molar-refractivity contribution in [3.8, 4) is 0 Å². The molecule has 2 aliphatic heterocycles. The molecule has 0 aromatic carbocycles. The summed E-state index contributed by atoms with van der Waals surface area (Å²) < 4.78 is 5.05. The quantitative estimate of drug-likeness (QED) is 0.827. The summed E-state index contributed by atoms with van der Waals surface area (Å²) in [5.74, 6) is 0.501. The Hall–Kier alpha value is -0.870. The first kappa shape index (κ1) is 12.2. The zero-order valence-electron chi connectivity index (χ0n) is 11.2. The minimum Gasteiger partial charge on any atom is -0.394 e. The minimum atomic E-state index is 0.0615. The lowest BCUT2D eigenvalue weighted by Gasteiger charge is -2.32. The Balaban J connectivity index is 0.000000478. The second-order valence-electron chi connectivity index (χ2n) is 5.49. The molecule has 4 rings (SSSR count). The Morgan fingerprint density at radius 3 is 3.17 bits per heavy atom. The highest BCUT2D eigenvalue weighted by atomic mass is 16.5. The Morgan fingerprint density at radius 2 is 2.39 bits per heavy atom. The van der Waals surface area contributed by atoms with E-state index >= 15 is 0 Å². The van der Waals surface area contributed by atoms with E-state index in [1.54, 1.807) is 6.26 Å². The fourth-order valence-electron chi connectivity index (χ4n) is 4.17. The van der Waals surface area contributed by atoms with Gasteiger partial charge in [0, 0.05) is 23.1 Å². The van der Waals surface area contributed by atoms with Crippen LogP contribution in [0.3, 0.4) is 0 Å². The number of aromatic nitrogens is 1. The van der Waals surface area contributed by atoms with Crippen molar-refractivity contribution < 1.29 is 9.63 Å². The van der Waals surface area contributed by atoms with Crippen molar-refractivity contribution in [2.75, 3.05) is 13.2 Å². The summed E-state index contributed by atoms with van der Waals surface area (Å²) >= 11 is 0. The zero-order valence-corrected chi connectivity index (χ0v) is 11.2. The van der Waals surface area contributed by atoms with E-state index in [0.29, 0.717) is 18.6 Å². The van der Waals surface area contributed by atoms with Crippen molar-refractivity contribution in [2.24, 2.45) is 0 Å². The minimum absolute atomic E-state index is 0.0615. The van der Waals surface area contributed by atoms with Gasteiger partial charge in [-0.3, -0.25) is 4.90 Å². The van der Waals surface area contributed by atoms with Gasteiger partial charge in [0.25, 0.3) is 0 Å². The number of hydrogen-bond acceptors (Lipinski definition) is 4. The van der Waals surface area contributed by atoms with Gasteiger partial charge in [-0.05, 0) is 32.2 Å². The first-order valence-corrected chi connectivity index (χ1v) is 7.15. The smallest absolute Gasteiger partial charge is 0.127 e. The summed E-state index contributed by atoms with van der Waals surface area (Å²) in [5, 5.41) is 13.8. The van der Waals surface area contributed by atoms with E-state index in [-0.39, 0.29) is 5.54 Å². The van der Waals surface area contributed by atoms with Crippen LogP contribution in [-0.4, -0.2) is 39.9 Å². The van der Waals surface area contributed by atoms with E-state index in [1.165, 1.54) is 12.0 Å². The van der Waals surface area contributed by atoms with Crippen molar-refractivity contribution >= 4 is 0 Å². The lowest BCUT2D eigenvalue weighted by atomic mass is 9.89. The molecule has 0 saturated carbocycles. The largest absolute Gasteiger partial charge is 0.394 e. The van der Waals surface area contributed by atoms with Crippen LogP contribution in [0.2, 0.25) is 0 Å². The maximum atomic E-state index is 9.70. The van der Waals surface area contributed by atoms with Crippen molar-refractivity contribution in [3.05, 3.63) is 17.5 Å². The van der Waals surface area contributed by atoms with Crippen molar-refractivity contribution in [3.63, 3.8) is 0 Å². The van der Waals surface area contributed by atoms with Gasteiger partial charge in [0.05, 0.1) is 12.3 Å². The molecule has 18 heavy (non-hydrogen) atoms. The molecule has 1 aliphatic carbocycles. The van der Waals surface area contributed by atoms with Crippen LogP contribution in [0, 0.1) is 0 Å². The average Bonchev–Trinajstić information content (AvgIpc) is 3.09. The molecule has 3 heterocycles. The molecule has 1 N–H and O–H groups in total. The molecule has 4 nitrogen and oxygen atoms in total.